The monoisotopic (exact) mass is 368 g/mol. The highest BCUT2D eigenvalue weighted by atomic mass is 16.3. The first-order chi connectivity index (χ1) is 13.7. The zero-order valence-electron chi connectivity index (χ0n) is 15.0. The SMILES string of the molecule is Cn1cc(-c2cc(O)c3c(Nc4cnc5ccccc5c4)ncnc3c2)cn1. The number of aromatic hydroxyl groups is 1. The smallest absolute Gasteiger partial charge is 0.145 e. The number of nitrogens with zero attached hydrogens (tertiary/aromatic N) is 5. The van der Waals surface area contributed by atoms with Crippen LogP contribution in [0.5, 0.6) is 5.75 Å². The number of para-hydroxylation sites is 1. The molecular formula is C21H16N6O. The van der Waals surface area contributed by atoms with Crippen LogP contribution in [0.3, 0.4) is 0 Å². The van der Waals surface area contributed by atoms with Crippen molar-refractivity contribution in [2.24, 2.45) is 7.05 Å². The van der Waals surface area contributed by atoms with Crippen LogP contribution >= 0.6 is 0 Å². The lowest BCUT2D eigenvalue weighted by molar-refractivity contribution is 0.482. The van der Waals surface area contributed by atoms with Gasteiger partial charge in [-0.2, -0.15) is 5.10 Å². The molecule has 0 radical (unpaired) electrons. The maximum Gasteiger partial charge on any atom is 0.145 e. The second-order valence-corrected chi connectivity index (χ2v) is 6.56. The van der Waals surface area contributed by atoms with E-state index in [9.17, 15) is 5.11 Å². The lowest BCUT2D eigenvalue weighted by atomic mass is 10.1. The number of aromatic nitrogens is 5. The van der Waals surface area contributed by atoms with Crippen molar-refractivity contribution in [2.45, 2.75) is 0 Å². The van der Waals surface area contributed by atoms with Gasteiger partial charge in [-0.25, -0.2) is 9.97 Å². The highest BCUT2D eigenvalue weighted by molar-refractivity contribution is 5.98. The molecule has 2 aromatic carbocycles. The number of hydrogen-bond donors (Lipinski definition) is 2. The van der Waals surface area contributed by atoms with Gasteiger partial charge in [0.25, 0.3) is 0 Å². The van der Waals surface area contributed by atoms with Gasteiger partial charge in [-0.05, 0) is 29.8 Å². The average Bonchev–Trinajstić information content (AvgIpc) is 3.14. The maximum atomic E-state index is 10.7. The number of phenols is 1. The van der Waals surface area contributed by atoms with E-state index < -0.39 is 0 Å². The molecule has 0 saturated heterocycles. The van der Waals surface area contributed by atoms with E-state index in [0.29, 0.717) is 16.7 Å². The molecule has 0 aliphatic heterocycles. The van der Waals surface area contributed by atoms with E-state index in [1.165, 1.54) is 6.33 Å². The number of phenolic OH excluding ortho intramolecular Hbond substituents is 1. The zero-order valence-corrected chi connectivity index (χ0v) is 15.0. The third-order valence-corrected chi connectivity index (χ3v) is 4.61. The summed E-state index contributed by atoms with van der Waals surface area (Å²) >= 11 is 0. The number of anilines is 2. The Morgan fingerprint density at radius 2 is 1.82 bits per heavy atom. The molecule has 136 valence electrons. The first-order valence-corrected chi connectivity index (χ1v) is 8.76. The van der Waals surface area contributed by atoms with Crippen LogP contribution in [-0.2, 0) is 7.05 Å². The lowest BCUT2D eigenvalue weighted by Crippen LogP contribution is -1.97. The molecule has 7 nitrogen and oxygen atoms in total. The van der Waals surface area contributed by atoms with Crippen molar-refractivity contribution >= 4 is 33.3 Å². The van der Waals surface area contributed by atoms with Gasteiger partial charge >= 0.3 is 0 Å². The molecule has 2 N–H and O–H groups in total. The Labute approximate surface area is 160 Å². The van der Waals surface area contributed by atoms with E-state index >= 15 is 0 Å². The molecule has 7 heteroatoms. The van der Waals surface area contributed by atoms with E-state index in [1.54, 1.807) is 23.1 Å². The van der Waals surface area contributed by atoms with Crippen LogP contribution in [0.15, 0.2) is 67.4 Å². The summed E-state index contributed by atoms with van der Waals surface area (Å²) in [6.07, 6.45) is 6.87. The van der Waals surface area contributed by atoms with Crippen molar-refractivity contribution < 1.29 is 5.11 Å². The van der Waals surface area contributed by atoms with Crippen LogP contribution in [0.4, 0.5) is 11.5 Å². The third kappa shape index (κ3) is 2.79. The summed E-state index contributed by atoms with van der Waals surface area (Å²) < 4.78 is 1.72. The Balaban J connectivity index is 1.59. The van der Waals surface area contributed by atoms with Crippen LogP contribution in [0, 0.1) is 0 Å². The summed E-state index contributed by atoms with van der Waals surface area (Å²) in [5, 5.41) is 19.7. The Morgan fingerprint density at radius 1 is 0.929 bits per heavy atom. The van der Waals surface area contributed by atoms with Gasteiger partial charge < -0.3 is 10.4 Å². The van der Waals surface area contributed by atoms with Crippen LogP contribution in [-0.4, -0.2) is 29.8 Å². The Hall–Kier alpha value is -4.00. The molecule has 0 saturated carbocycles. The summed E-state index contributed by atoms with van der Waals surface area (Å²) in [5.41, 5.74) is 4.10. The predicted octanol–water partition coefficient (Wildman–Crippen LogP) is 4.03. The summed E-state index contributed by atoms with van der Waals surface area (Å²) in [4.78, 5) is 13.1. The lowest BCUT2D eigenvalue weighted by Gasteiger charge is -2.11. The van der Waals surface area contributed by atoms with Crippen LogP contribution < -0.4 is 5.32 Å². The van der Waals surface area contributed by atoms with E-state index in [2.05, 4.69) is 25.4 Å². The maximum absolute atomic E-state index is 10.7. The zero-order chi connectivity index (χ0) is 19.1. The predicted molar refractivity (Wildman–Crippen MR) is 108 cm³/mol. The van der Waals surface area contributed by atoms with Gasteiger partial charge in [0.15, 0.2) is 0 Å². The molecule has 0 aliphatic rings. The normalized spacial score (nSPS) is 11.2. The highest BCUT2D eigenvalue weighted by Gasteiger charge is 2.13. The summed E-state index contributed by atoms with van der Waals surface area (Å²) in [6, 6.07) is 13.5. The fourth-order valence-corrected chi connectivity index (χ4v) is 3.28. The molecule has 0 unspecified atom stereocenters. The van der Waals surface area contributed by atoms with Gasteiger partial charge in [-0.1, -0.05) is 18.2 Å². The Bertz CT molecular complexity index is 1330. The molecule has 5 rings (SSSR count). The molecular weight excluding hydrogens is 352 g/mol. The minimum Gasteiger partial charge on any atom is -0.507 e. The summed E-state index contributed by atoms with van der Waals surface area (Å²) in [7, 11) is 1.85. The number of fused-ring (bicyclic) bond motifs is 2. The molecule has 0 bridgehead atoms. The van der Waals surface area contributed by atoms with E-state index in [-0.39, 0.29) is 5.75 Å². The van der Waals surface area contributed by atoms with Gasteiger partial charge in [0.2, 0.25) is 0 Å². The molecule has 0 aliphatic carbocycles. The van der Waals surface area contributed by atoms with Gasteiger partial charge in [0.05, 0.1) is 34.5 Å². The molecule has 5 aromatic rings. The number of aryl methyl sites for hydroxylation is 1. The molecule has 0 amide bonds. The summed E-state index contributed by atoms with van der Waals surface area (Å²) in [6.45, 7) is 0. The van der Waals surface area contributed by atoms with Gasteiger partial charge in [0, 0.05) is 24.2 Å². The van der Waals surface area contributed by atoms with Crippen LogP contribution in [0.1, 0.15) is 0 Å². The number of nitrogens with one attached hydrogen (secondary N) is 1. The molecule has 0 fully saturated rings. The van der Waals surface area contributed by atoms with Crippen molar-refractivity contribution in [3.8, 4) is 16.9 Å². The topological polar surface area (TPSA) is 88.8 Å². The van der Waals surface area contributed by atoms with Crippen LogP contribution in [0.25, 0.3) is 32.9 Å². The van der Waals surface area contributed by atoms with E-state index in [4.69, 9.17) is 0 Å². The Kier molecular flexibility index (Phi) is 3.65. The molecule has 0 atom stereocenters. The average molecular weight is 368 g/mol. The van der Waals surface area contributed by atoms with Gasteiger partial charge in [-0.15, -0.1) is 0 Å². The first-order valence-electron chi connectivity index (χ1n) is 8.76. The fraction of sp³-hybridized carbons (Fsp3) is 0.0476. The number of pyridine rings is 1. The molecule has 3 heterocycles. The molecule has 3 aromatic heterocycles. The minimum atomic E-state index is 0.105. The van der Waals surface area contributed by atoms with Gasteiger partial charge in [-0.3, -0.25) is 9.67 Å². The largest absolute Gasteiger partial charge is 0.507 e. The van der Waals surface area contributed by atoms with Crippen molar-refractivity contribution in [1.82, 2.24) is 24.7 Å². The second-order valence-electron chi connectivity index (χ2n) is 6.56. The van der Waals surface area contributed by atoms with Crippen molar-refractivity contribution in [1.29, 1.82) is 0 Å². The standard InChI is InChI=1S/C21H16N6O/c1-27-11-15(9-25-27)14-7-18-20(19(28)8-14)21(24-12-23-18)26-16-6-13-4-2-3-5-17(13)22-10-16/h2-12,28H,1H3,(H,23,24,26). The van der Waals surface area contributed by atoms with Crippen LogP contribution in [0.2, 0.25) is 0 Å². The molecule has 0 spiro atoms. The minimum absolute atomic E-state index is 0.105. The van der Waals surface area contributed by atoms with E-state index in [1.807, 2.05) is 49.6 Å². The summed E-state index contributed by atoms with van der Waals surface area (Å²) in [5.74, 6) is 0.630. The fourth-order valence-electron chi connectivity index (χ4n) is 3.28. The number of rotatable bonds is 3. The first kappa shape index (κ1) is 16.2. The van der Waals surface area contributed by atoms with E-state index in [0.717, 1.165) is 27.7 Å². The number of hydrogen-bond acceptors (Lipinski definition) is 6. The van der Waals surface area contributed by atoms with Crippen molar-refractivity contribution in [3.05, 3.63) is 67.4 Å². The number of benzene rings is 2. The third-order valence-electron chi connectivity index (χ3n) is 4.61. The highest BCUT2D eigenvalue weighted by Crippen LogP contribution is 2.35. The molecule has 28 heavy (non-hydrogen) atoms. The van der Waals surface area contributed by atoms with Crippen molar-refractivity contribution in [2.75, 3.05) is 5.32 Å². The Morgan fingerprint density at radius 3 is 2.68 bits per heavy atom. The van der Waals surface area contributed by atoms with Crippen molar-refractivity contribution in [3.63, 3.8) is 0 Å². The van der Waals surface area contributed by atoms with Gasteiger partial charge in [0.1, 0.15) is 17.9 Å². The quantitative estimate of drug-likeness (QED) is 0.500. The second kappa shape index (κ2) is 6.31.